The quantitative estimate of drug-likeness (QED) is 0.304. The van der Waals surface area contributed by atoms with Crippen LogP contribution in [0.15, 0.2) is 59.5 Å². The molecule has 0 amide bonds. The molecule has 1 atom stereocenters. The van der Waals surface area contributed by atoms with E-state index < -0.39 is 36.0 Å². The lowest BCUT2D eigenvalue weighted by atomic mass is 9.96. The van der Waals surface area contributed by atoms with Crippen molar-refractivity contribution in [3.8, 4) is 16.9 Å². The fourth-order valence-electron chi connectivity index (χ4n) is 4.13. The molecule has 0 fully saturated rings. The van der Waals surface area contributed by atoms with Crippen LogP contribution in [0, 0.1) is 0 Å². The number of ketones is 2. The van der Waals surface area contributed by atoms with Crippen LogP contribution in [0.2, 0.25) is 5.02 Å². The molecule has 0 aliphatic carbocycles. The third-order valence-electron chi connectivity index (χ3n) is 6.02. The van der Waals surface area contributed by atoms with Gasteiger partial charge in [0.2, 0.25) is 0 Å². The van der Waals surface area contributed by atoms with Gasteiger partial charge in [-0.2, -0.15) is 0 Å². The van der Waals surface area contributed by atoms with Crippen molar-refractivity contribution in [3.05, 3.63) is 86.8 Å². The summed E-state index contributed by atoms with van der Waals surface area (Å²) >= 11 is 6.18. The fraction of sp³-hybridized carbons (Fsp3) is 0.333. The maximum absolute atomic E-state index is 13.6. The molecule has 0 aliphatic heterocycles. The number of pyridine rings is 1. The Kier molecular flexibility index (Phi) is 8.12. The van der Waals surface area contributed by atoms with E-state index >= 15 is 0 Å². The Morgan fingerprint density at radius 3 is 2.36 bits per heavy atom. The van der Waals surface area contributed by atoms with Crippen LogP contribution in [0.25, 0.3) is 11.1 Å². The molecule has 1 aromatic heterocycles. The van der Waals surface area contributed by atoms with Crippen LogP contribution in [0.3, 0.4) is 0 Å². The molecule has 9 heteroatoms. The van der Waals surface area contributed by atoms with Gasteiger partial charge in [0, 0.05) is 35.2 Å². The average molecular weight is 557 g/mol. The summed E-state index contributed by atoms with van der Waals surface area (Å²) in [7, 11) is -2.92. The van der Waals surface area contributed by atoms with Gasteiger partial charge in [0.05, 0.1) is 34.6 Å². The van der Waals surface area contributed by atoms with Crippen molar-refractivity contribution < 1.29 is 33.1 Å². The Balaban J connectivity index is 2.14. The third-order valence-corrected chi connectivity index (χ3v) is 6.25. The van der Waals surface area contributed by atoms with Crippen molar-refractivity contribution in [2.45, 2.75) is 52.2 Å². The zero-order valence-electron chi connectivity index (χ0n) is 25.1. The highest BCUT2D eigenvalue weighted by Gasteiger charge is 2.25. The second-order valence-electron chi connectivity index (χ2n) is 10.1. The smallest absolute Gasteiger partial charge is 0.335 e. The molecule has 1 N–H and O–H groups in total. The zero-order valence-corrected chi connectivity index (χ0v) is 22.9. The van der Waals surface area contributed by atoms with E-state index in [2.05, 4.69) is 0 Å². The topological polar surface area (TPSA) is 112 Å². The first kappa shape index (κ1) is 25.5. The van der Waals surface area contributed by atoms with Crippen molar-refractivity contribution in [2.75, 3.05) is 13.6 Å². The van der Waals surface area contributed by atoms with Crippen molar-refractivity contribution in [1.29, 1.82) is 0 Å². The molecule has 3 rings (SSSR count). The first-order valence-corrected chi connectivity index (χ1v) is 12.6. The van der Waals surface area contributed by atoms with Gasteiger partial charge in [-0.25, -0.2) is 4.79 Å². The molecule has 2 aromatic carbocycles. The molecule has 1 heterocycles. The molecule has 0 unspecified atom stereocenters. The standard InChI is InChI=1S/C30H32ClNO7/c1-18(33)22-11-10-21(31)15-23(22)24-16-28(35)32(17-27(24)38-5)25(12-13-39-30(2,3)4)26(34)14-19-6-8-20(9-7-19)29(36)37/h6-11,15-17,25H,12-14H2,1-5H3,(H,36,37)/t25-/m1/s1/i5D3. The highest BCUT2D eigenvalue weighted by atomic mass is 35.5. The molecule has 0 saturated carbocycles. The van der Waals surface area contributed by atoms with Crippen molar-refractivity contribution >= 4 is 29.1 Å². The number of aromatic nitrogens is 1. The molecule has 8 nitrogen and oxygen atoms in total. The number of methoxy groups -OCH3 is 1. The molecule has 206 valence electrons. The number of carboxylic acid groups (broad SMARTS) is 1. The largest absolute Gasteiger partial charge is 0.495 e. The van der Waals surface area contributed by atoms with Crippen molar-refractivity contribution in [1.82, 2.24) is 4.57 Å². The van der Waals surface area contributed by atoms with Gasteiger partial charge in [0.15, 0.2) is 11.6 Å². The highest BCUT2D eigenvalue weighted by Crippen LogP contribution is 2.34. The lowest BCUT2D eigenvalue weighted by molar-refractivity contribution is -0.122. The van der Waals surface area contributed by atoms with Gasteiger partial charge in [-0.15, -0.1) is 0 Å². The second-order valence-corrected chi connectivity index (χ2v) is 10.5. The Morgan fingerprint density at radius 2 is 1.77 bits per heavy atom. The van der Waals surface area contributed by atoms with E-state index in [0.717, 1.165) is 16.8 Å². The number of carbonyl (C=O) groups is 3. The number of hydrogen-bond acceptors (Lipinski definition) is 6. The number of nitrogens with zero attached hydrogens (tertiary/aromatic N) is 1. The summed E-state index contributed by atoms with van der Waals surface area (Å²) in [6, 6.07) is 10.2. The molecule has 0 spiro atoms. The summed E-state index contributed by atoms with van der Waals surface area (Å²) < 4.78 is 35.3. The number of ether oxygens (including phenoxy) is 2. The SMILES string of the molecule is [2H]C([2H])([2H])Oc1cn([C@H](CCOC(C)(C)C)C(=O)Cc2ccc(C(=O)O)cc2)c(=O)cc1-c1cc(Cl)ccc1C(C)=O. The van der Waals surface area contributed by atoms with Gasteiger partial charge >= 0.3 is 5.97 Å². The lowest BCUT2D eigenvalue weighted by Gasteiger charge is -2.24. The molecular formula is C30H32ClNO7. The maximum atomic E-state index is 13.6. The van der Waals surface area contributed by atoms with Gasteiger partial charge in [0.25, 0.3) is 5.56 Å². The summed E-state index contributed by atoms with van der Waals surface area (Å²) in [5.41, 5.74) is -0.153. The third kappa shape index (κ3) is 7.65. The second kappa shape index (κ2) is 12.4. The number of aromatic carboxylic acids is 1. The molecule has 0 aliphatic rings. The van der Waals surface area contributed by atoms with Crippen LogP contribution in [-0.4, -0.2) is 46.5 Å². The minimum absolute atomic E-state index is 0.0291. The van der Waals surface area contributed by atoms with Gasteiger partial charge < -0.3 is 19.1 Å². The van der Waals surface area contributed by atoms with E-state index in [1.807, 2.05) is 20.8 Å². The maximum Gasteiger partial charge on any atom is 0.335 e. The number of halogens is 1. The minimum atomic E-state index is -2.92. The summed E-state index contributed by atoms with van der Waals surface area (Å²) in [5.74, 6) is -2.09. The van der Waals surface area contributed by atoms with Gasteiger partial charge in [0.1, 0.15) is 5.75 Å². The number of carboxylic acids is 1. The van der Waals surface area contributed by atoms with E-state index in [1.54, 1.807) is 0 Å². The van der Waals surface area contributed by atoms with Gasteiger partial charge in [-0.3, -0.25) is 14.4 Å². The van der Waals surface area contributed by atoms with Crippen LogP contribution in [0.1, 0.15) is 70.5 Å². The molecule has 39 heavy (non-hydrogen) atoms. The average Bonchev–Trinajstić information content (AvgIpc) is 2.86. The Labute approximate surface area is 236 Å². The molecule has 0 radical (unpaired) electrons. The normalized spacial score (nSPS) is 13.6. The molecule has 0 bridgehead atoms. The van der Waals surface area contributed by atoms with Crippen LogP contribution < -0.4 is 10.3 Å². The molecular weight excluding hydrogens is 522 g/mol. The summed E-state index contributed by atoms with van der Waals surface area (Å²) in [4.78, 5) is 50.8. The first-order chi connectivity index (χ1) is 19.4. The first-order valence-electron chi connectivity index (χ1n) is 13.7. The van der Waals surface area contributed by atoms with Gasteiger partial charge in [-0.1, -0.05) is 23.7 Å². The number of Topliss-reactive ketones (excluding diaryl/α,β-unsaturated/α-hetero) is 2. The summed E-state index contributed by atoms with van der Waals surface area (Å²) in [6.45, 7) is 6.95. The predicted octanol–water partition coefficient (Wildman–Crippen LogP) is 5.64. The summed E-state index contributed by atoms with van der Waals surface area (Å²) in [6.07, 6.45) is 1.10. The van der Waals surface area contributed by atoms with E-state index in [9.17, 15) is 19.2 Å². The van der Waals surface area contributed by atoms with E-state index in [0.29, 0.717) is 5.56 Å². The Bertz CT molecular complexity index is 1540. The van der Waals surface area contributed by atoms with E-state index in [-0.39, 0.29) is 58.3 Å². The molecule has 3 aromatic rings. The minimum Gasteiger partial charge on any atom is -0.495 e. The highest BCUT2D eigenvalue weighted by molar-refractivity contribution is 6.31. The lowest BCUT2D eigenvalue weighted by Crippen LogP contribution is -2.32. The van der Waals surface area contributed by atoms with E-state index in [4.69, 9.17) is 30.3 Å². The number of carbonyl (C=O) groups excluding carboxylic acids is 2. The van der Waals surface area contributed by atoms with Gasteiger partial charge in [-0.05, 0) is 75.6 Å². The Morgan fingerprint density at radius 1 is 1.08 bits per heavy atom. The monoisotopic (exact) mass is 556 g/mol. The fourth-order valence-corrected chi connectivity index (χ4v) is 4.30. The van der Waals surface area contributed by atoms with Crippen LogP contribution in [0.5, 0.6) is 5.75 Å². The number of hydrogen-bond donors (Lipinski definition) is 1. The van der Waals surface area contributed by atoms with Crippen LogP contribution in [0.4, 0.5) is 0 Å². The van der Waals surface area contributed by atoms with Crippen LogP contribution >= 0.6 is 11.6 Å². The van der Waals surface area contributed by atoms with Crippen molar-refractivity contribution in [3.63, 3.8) is 0 Å². The molecule has 0 saturated heterocycles. The summed E-state index contributed by atoms with van der Waals surface area (Å²) in [5, 5.41) is 9.42. The number of benzene rings is 2. The predicted molar refractivity (Wildman–Crippen MR) is 149 cm³/mol. The van der Waals surface area contributed by atoms with E-state index in [1.165, 1.54) is 49.4 Å². The van der Waals surface area contributed by atoms with Crippen LogP contribution in [-0.2, 0) is 16.0 Å². The van der Waals surface area contributed by atoms with Crippen molar-refractivity contribution in [2.24, 2.45) is 0 Å². The number of rotatable bonds is 11. The zero-order chi connectivity index (χ0) is 31.4. The Hall–Kier alpha value is -3.75.